The van der Waals surface area contributed by atoms with Crippen molar-refractivity contribution in [3.63, 3.8) is 0 Å². The van der Waals surface area contributed by atoms with Gasteiger partial charge in [0.1, 0.15) is 11.5 Å². The number of carbonyl (C=O) groups is 1. The van der Waals surface area contributed by atoms with Crippen LogP contribution in [0.1, 0.15) is 28.9 Å². The maximum Gasteiger partial charge on any atom is 0.269 e. The topological polar surface area (TPSA) is 79.8 Å². The van der Waals surface area contributed by atoms with E-state index in [1.54, 1.807) is 30.2 Å². The third-order valence-corrected chi connectivity index (χ3v) is 6.51. The minimum absolute atomic E-state index is 0.174. The quantitative estimate of drug-likeness (QED) is 0.378. The van der Waals surface area contributed by atoms with Crippen LogP contribution in [0.3, 0.4) is 0 Å². The van der Waals surface area contributed by atoms with Crippen LogP contribution in [0.25, 0.3) is 0 Å². The van der Waals surface area contributed by atoms with Gasteiger partial charge >= 0.3 is 0 Å². The standard InChI is InChI=1S/C23H21N5OS2/c1-16(17-7-3-2-4-8-17)14-26-22(29)19-13-18(10-12-24-19)30-21-15-27-23(31-21)28-20-9-5-6-11-25-20/h2-13,15-16H,14H2,1H3,(H,26,29)(H,25,27,28)/t16-/m0/s1. The van der Waals surface area contributed by atoms with Gasteiger partial charge in [-0.1, -0.05) is 66.4 Å². The van der Waals surface area contributed by atoms with Crippen LogP contribution in [0.2, 0.25) is 0 Å². The highest BCUT2D eigenvalue weighted by molar-refractivity contribution is 8.01. The third-order valence-electron chi connectivity index (χ3n) is 4.50. The van der Waals surface area contributed by atoms with Crippen molar-refractivity contribution in [2.75, 3.05) is 11.9 Å². The van der Waals surface area contributed by atoms with Gasteiger partial charge in [0.05, 0.1) is 10.4 Å². The number of anilines is 2. The lowest BCUT2D eigenvalue weighted by Crippen LogP contribution is -2.28. The van der Waals surface area contributed by atoms with Gasteiger partial charge in [0.2, 0.25) is 0 Å². The summed E-state index contributed by atoms with van der Waals surface area (Å²) in [6, 6.07) is 19.5. The molecule has 0 aliphatic rings. The molecule has 3 heterocycles. The second-order valence-corrected chi connectivity index (χ2v) is 9.23. The average molecular weight is 448 g/mol. The lowest BCUT2D eigenvalue weighted by Gasteiger charge is -2.13. The fraction of sp³-hybridized carbons (Fsp3) is 0.130. The van der Waals surface area contributed by atoms with Crippen molar-refractivity contribution in [2.45, 2.75) is 21.9 Å². The molecule has 1 amide bonds. The molecule has 31 heavy (non-hydrogen) atoms. The Morgan fingerprint density at radius 2 is 1.87 bits per heavy atom. The summed E-state index contributed by atoms with van der Waals surface area (Å²) in [5.41, 5.74) is 1.60. The summed E-state index contributed by atoms with van der Waals surface area (Å²) >= 11 is 3.08. The molecule has 4 rings (SSSR count). The van der Waals surface area contributed by atoms with E-state index in [1.807, 2.05) is 48.7 Å². The summed E-state index contributed by atoms with van der Waals surface area (Å²) in [4.78, 5) is 26.4. The molecule has 0 unspecified atom stereocenters. The van der Waals surface area contributed by atoms with E-state index < -0.39 is 0 Å². The van der Waals surface area contributed by atoms with Crippen molar-refractivity contribution < 1.29 is 4.79 Å². The van der Waals surface area contributed by atoms with Gasteiger partial charge in [0.15, 0.2) is 5.13 Å². The normalized spacial score (nSPS) is 11.6. The van der Waals surface area contributed by atoms with Crippen molar-refractivity contribution in [3.8, 4) is 0 Å². The molecule has 0 saturated heterocycles. The highest BCUT2D eigenvalue weighted by Crippen LogP contribution is 2.34. The predicted octanol–water partition coefficient (Wildman–Crippen LogP) is 5.36. The number of hydrogen-bond acceptors (Lipinski definition) is 7. The Balaban J connectivity index is 1.35. The summed E-state index contributed by atoms with van der Waals surface area (Å²) in [7, 11) is 0. The SMILES string of the molecule is C[C@@H](CNC(=O)c1cc(Sc2cnc(Nc3ccccn3)s2)ccn1)c1ccccc1. The predicted molar refractivity (Wildman–Crippen MR) is 125 cm³/mol. The van der Waals surface area contributed by atoms with Crippen LogP contribution >= 0.6 is 23.1 Å². The number of amides is 1. The largest absolute Gasteiger partial charge is 0.350 e. The van der Waals surface area contributed by atoms with Crippen molar-refractivity contribution in [1.29, 1.82) is 0 Å². The molecule has 0 spiro atoms. The number of thiazole rings is 1. The first-order valence-electron chi connectivity index (χ1n) is 9.78. The van der Waals surface area contributed by atoms with Gasteiger partial charge in [-0.15, -0.1) is 0 Å². The minimum atomic E-state index is -0.174. The highest BCUT2D eigenvalue weighted by Gasteiger charge is 2.12. The van der Waals surface area contributed by atoms with E-state index in [0.717, 1.165) is 20.1 Å². The number of carbonyl (C=O) groups excluding carboxylic acids is 1. The van der Waals surface area contributed by atoms with E-state index in [4.69, 9.17) is 0 Å². The molecule has 0 saturated carbocycles. The maximum atomic E-state index is 12.6. The van der Waals surface area contributed by atoms with E-state index in [1.165, 1.54) is 16.9 Å². The van der Waals surface area contributed by atoms with Gasteiger partial charge in [0, 0.05) is 23.8 Å². The molecule has 0 aliphatic heterocycles. The molecule has 4 aromatic rings. The van der Waals surface area contributed by atoms with E-state index >= 15 is 0 Å². The summed E-state index contributed by atoms with van der Waals surface area (Å²) in [6.07, 6.45) is 5.20. The van der Waals surface area contributed by atoms with Gasteiger partial charge in [-0.25, -0.2) is 9.97 Å². The Kier molecular flexibility index (Phi) is 6.91. The molecule has 3 aromatic heterocycles. The maximum absolute atomic E-state index is 12.6. The number of aromatic nitrogens is 3. The Hall–Kier alpha value is -3.23. The van der Waals surface area contributed by atoms with Gasteiger partial charge in [-0.3, -0.25) is 9.78 Å². The Bertz CT molecular complexity index is 1130. The highest BCUT2D eigenvalue weighted by atomic mass is 32.2. The van der Waals surface area contributed by atoms with E-state index in [-0.39, 0.29) is 11.8 Å². The fourth-order valence-electron chi connectivity index (χ4n) is 2.86. The van der Waals surface area contributed by atoms with Gasteiger partial charge in [-0.2, -0.15) is 0 Å². The smallest absolute Gasteiger partial charge is 0.269 e. The molecule has 8 heteroatoms. The molecule has 6 nitrogen and oxygen atoms in total. The molecule has 0 aliphatic carbocycles. The first kappa shape index (κ1) is 21.0. The lowest BCUT2D eigenvalue weighted by molar-refractivity contribution is 0.0946. The zero-order valence-corrected chi connectivity index (χ0v) is 18.5. The average Bonchev–Trinajstić information content (AvgIpc) is 3.25. The lowest BCUT2D eigenvalue weighted by atomic mass is 10.0. The monoisotopic (exact) mass is 447 g/mol. The van der Waals surface area contributed by atoms with E-state index in [2.05, 4.69) is 44.6 Å². The number of pyridine rings is 2. The Morgan fingerprint density at radius 1 is 1.03 bits per heavy atom. The summed E-state index contributed by atoms with van der Waals surface area (Å²) in [6.45, 7) is 2.65. The van der Waals surface area contributed by atoms with Gasteiger partial charge in [0.25, 0.3) is 5.91 Å². The fourth-order valence-corrected chi connectivity index (χ4v) is 4.75. The van der Waals surface area contributed by atoms with Crippen LogP contribution in [0, 0.1) is 0 Å². The first-order valence-corrected chi connectivity index (χ1v) is 11.4. The zero-order valence-electron chi connectivity index (χ0n) is 16.9. The van der Waals surface area contributed by atoms with Crippen molar-refractivity contribution in [2.24, 2.45) is 0 Å². The van der Waals surface area contributed by atoms with Crippen molar-refractivity contribution in [1.82, 2.24) is 20.3 Å². The minimum Gasteiger partial charge on any atom is -0.350 e. The molecule has 0 radical (unpaired) electrons. The molecular formula is C23H21N5OS2. The number of benzene rings is 1. The first-order chi connectivity index (χ1) is 15.2. The summed E-state index contributed by atoms with van der Waals surface area (Å²) < 4.78 is 1.01. The Morgan fingerprint density at radius 3 is 2.68 bits per heavy atom. The number of nitrogens with one attached hydrogen (secondary N) is 2. The van der Waals surface area contributed by atoms with Crippen molar-refractivity contribution >= 4 is 40.0 Å². The van der Waals surface area contributed by atoms with Crippen LogP contribution < -0.4 is 10.6 Å². The van der Waals surface area contributed by atoms with Crippen LogP contribution in [0.4, 0.5) is 10.9 Å². The number of hydrogen-bond donors (Lipinski definition) is 2. The van der Waals surface area contributed by atoms with Crippen LogP contribution in [-0.2, 0) is 0 Å². The second-order valence-electron chi connectivity index (χ2n) is 6.83. The second kappa shape index (κ2) is 10.2. The molecule has 2 N–H and O–H groups in total. The molecule has 156 valence electrons. The molecule has 0 fully saturated rings. The molecule has 0 bridgehead atoms. The molecule has 1 aromatic carbocycles. The summed E-state index contributed by atoms with van der Waals surface area (Å²) in [5.74, 6) is 0.804. The molecular weight excluding hydrogens is 426 g/mol. The zero-order chi connectivity index (χ0) is 21.5. The van der Waals surface area contributed by atoms with Crippen LogP contribution in [-0.4, -0.2) is 27.4 Å². The Labute approximate surface area is 189 Å². The molecule has 1 atom stereocenters. The number of rotatable bonds is 8. The van der Waals surface area contributed by atoms with E-state index in [9.17, 15) is 4.79 Å². The van der Waals surface area contributed by atoms with Crippen LogP contribution in [0.15, 0.2) is 88.4 Å². The third kappa shape index (κ3) is 5.90. The van der Waals surface area contributed by atoms with Crippen LogP contribution in [0.5, 0.6) is 0 Å². The number of nitrogens with zero attached hydrogens (tertiary/aromatic N) is 3. The van der Waals surface area contributed by atoms with E-state index in [0.29, 0.717) is 12.2 Å². The van der Waals surface area contributed by atoms with Gasteiger partial charge in [-0.05, 0) is 35.7 Å². The van der Waals surface area contributed by atoms with Crippen molar-refractivity contribution in [3.05, 3.63) is 90.5 Å². The van der Waals surface area contributed by atoms with Gasteiger partial charge < -0.3 is 10.6 Å². The summed E-state index contributed by atoms with van der Waals surface area (Å²) in [5, 5.41) is 6.94.